The standard InChI is InChI=1S/C19H14FN3O3S3/c1-26-12-4-2-11(3-5-12)23-19(24)16-15(10-27-17(16)21)18(22-23)29(25)14-8-6-13(28-20)7-9-14/h2-10H,21H2,1H3. The van der Waals surface area contributed by atoms with Gasteiger partial charge in [-0.1, -0.05) is 0 Å². The van der Waals surface area contributed by atoms with Crippen molar-refractivity contribution in [2.45, 2.75) is 14.8 Å². The first-order chi connectivity index (χ1) is 14.0. The number of nitrogen functional groups attached to an aromatic ring is 1. The number of nitrogens with two attached hydrogens (primary N) is 1. The summed E-state index contributed by atoms with van der Waals surface area (Å²) >= 11 is 1.30. The lowest BCUT2D eigenvalue weighted by molar-refractivity contribution is 0.414. The predicted molar refractivity (Wildman–Crippen MR) is 114 cm³/mol. The topological polar surface area (TPSA) is 87.2 Å². The molecule has 0 aliphatic heterocycles. The molecule has 2 aromatic carbocycles. The van der Waals surface area contributed by atoms with Gasteiger partial charge in [0, 0.05) is 20.6 Å². The van der Waals surface area contributed by atoms with Crippen LogP contribution in [0.4, 0.5) is 8.89 Å². The van der Waals surface area contributed by atoms with E-state index in [0.29, 0.717) is 31.6 Å². The highest BCUT2D eigenvalue weighted by atomic mass is 32.2. The molecule has 0 aliphatic carbocycles. The summed E-state index contributed by atoms with van der Waals surface area (Å²) in [6.45, 7) is 0. The van der Waals surface area contributed by atoms with Gasteiger partial charge in [0.2, 0.25) is 0 Å². The maximum Gasteiger partial charge on any atom is 0.282 e. The third-order valence-electron chi connectivity index (χ3n) is 4.27. The zero-order valence-corrected chi connectivity index (χ0v) is 17.4. The third kappa shape index (κ3) is 3.54. The quantitative estimate of drug-likeness (QED) is 0.494. The van der Waals surface area contributed by atoms with Crippen LogP contribution in [0, 0.1) is 0 Å². The fourth-order valence-electron chi connectivity index (χ4n) is 2.81. The minimum absolute atomic E-state index is 0.110. The number of rotatable bonds is 5. The number of anilines is 1. The van der Waals surface area contributed by atoms with Crippen LogP contribution in [0.2, 0.25) is 0 Å². The van der Waals surface area contributed by atoms with Crippen LogP contribution in [-0.2, 0) is 10.8 Å². The lowest BCUT2D eigenvalue weighted by atomic mass is 10.2. The van der Waals surface area contributed by atoms with Gasteiger partial charge in [0.1, 0.15) is 16.5 Å². The Morgan fingerprint density at radius 2 is 1.86 bits per heavy atom. The van der Waals surface area contributed by atoms with Crippen LogP contribution in [0.1, 0.15) is 0 Å². The molecule has 1 unspecified atom stereocenters. The molecule has 29 heavy (non-hydrogen) atoms. The zero-order valence-electron chi connectivity index (χ0n) is 15.0. The monoisotopic (exact) mass is 447 g/mol. The van der Waals surface area contributed by atoms with Gasteiger partial charge in [-0.2, -0.15) is 13.7 Å². The molecule has 0 saturated carbocycles. The number of hydrogen-bond donors (Lipinski definition) is 1. The molecular formula is C19H14FN3O3S3. The highest BCUT2D eigenvalue weighted by Crippen LogP contribution is 2.31. The Morgan fingerprint density at radius 1 is 1.17 bits per heavy atom. The van der Waals surface area contributed by atoms with E-state index in [0.717, 1.165) is 0 Å². The van der Waals surface area contributed by atoms with Crippen LogP contribution >= 0.6 is 23.5 Å². The average molecular weight is 448 g/mol. The largest absolute Gasteiger partial charge is 0.497 e. The summed E-state index contributed by atoms with van der Waals surface area (Å²) < 4.78 is 32.3. The molecule has 2 aromatic heterocycles. The Bertz CT molecular complexity index is 1270. The summed E-state index contributed by atoms with van der Waals surface area (Å²) in [4.78, 5) is 13.9. The fourth-order valence-corrected chi connectivity index (χ4v) is 5.03. The molecule has 0 saturated heterocycles. The average Bonchev–Trinajstić information content (AvgIpc) is 3.16. The number of ether oxygens (including phenoxy) is 1. The molecule has 10 heteroatoms. The molecular weight excluding hydrogens is 433 g/mol. The summed E-state index contributed by atoms with van der Waals surface area (Å²) in [5.41, 5.74) is 6.13. The molecule has 4 rings (SSSR count). The second-order valence-electron chi connectivity index (χ2n) is 5.93. The number of nitrogens with zero attached hydrogens (tertiary/aromatic N) is 2. The molecule has 0 amide bonds. The Kier molecular flexibility index (Phi) is 5.39. The van der Waals surface area contributed by atoms with Gasteiger partial charge in [-0.15, -0.1) is 11.3 Å². The maximum atomic E-state index is 13.2. The highest BCUT2D eigenvalue weighted by Gasteiger charge is 2.21. The van der Waals surface area contributed by atoms with Crippen molar-refractivity contribution in [1.29, 1.82) is 0 Å². The van der Waals surface area contributed by atoms with Crippen LogP contribution in [0.3, 0.4) is 0 Å². The highest BCUT2D eigenvalue weighted by molar-refractivity contribution is 7.94. The van der Waals surface area contributed by atoms with E-state index in [1.807, 2.05) is 0 Å². The Morgan fingerprint density at radius 3 is 2.48 bits per heavy atom. The molecule has 6 nitrogen and oxygen atoms in total. The predicted octanol–water partition coefficient (Wildman–Crippen LogP) is 4.18. The van der Waals surface area contributed by atoms with Crippen molar-refractivity contribution < 1.29 is 12.8 Å². The maximum absolute atomic E-state index is 13.2. The van der Waals surface area contributed by atoms with Gasteiger partial charge >= 0.3 is 0 Å². The number of aromatic nitrogens is 2. The Balaban J connectivity index is 1.92. The van der Waals surface area contributed by atoms with E-state index in [4.69, 9.17) is 10.5 Å². The molecule has 0 bridgehead atoms. The van der Waals surface area contributed by atoms with E-state index in [1.165, 1.54) is 28.2 Å². The SMILES string of the molecule is COc1ccc(-n2nc(S(=O)c3ccc(SF)cc3)c3csc(N)c3c2=O)cc1. The van der Waals surface area contributed by atoms with Gasteiger partial charge < -0.3 is 10.5 Å². The number of hydrogen-bond acceptors (Lipinski definition) is 7. The lowest BCUT2D eigenvalue weighted by Crippen LogP contribution is -2.23. The number of thiophene rings is 1. The summed E-state index contributed by atoms with van der Waals surface area (Å²) in [5.74, 6) is 0.632. The number of methoxy groups -OCH3 is 1. The Hall–Kier alpha value is -2.69. The van der Waals surface area contributed by atoms with Crippen molar-refractivity contribution in [3.8, 4) is 11.4 Å². The van der Waals surface area contributed by atoms with Gasteiger partial charge in [-0.3, -0.25) is 4.79 Å². The van der Waals surface area contributed by atoms with E-state index in [2.05, 4.69) is 5.10 Å². The molecule has 4 aromatic rings. The van der Waals surface area contributed by atoms with Gasteiger partial charge in [0.05, 0.1) is 35.3 Å². The summed E-state index contributed by atoms with van der Waals surface area (Å²) in [7, 11) is -0.146. The van der Waals surface area contributed by atoms with Crippen LogP contribution in [0.25, 0.3) is 16.5 Å². The first kappa shape index (κ1) is 19.6. The van der Waals surface area contributed by atoms with Gasteiger partial charge in [0.15, 0.2) is 5.03 Å². The van der Waals surface area contributed by atoms with Crippen LogP contribution < -0.4 is 16.0 Å². The molecule has 148 valence electrons. The summed E-state index contributed by atoms with van der Waals surface area (Å²) in [6.07, 6.45) is 0. The van der Waals surface area contributed by atoms with Crippen molar-refractivity contribution in [2.24, 2.45) is 0 Å². The second-order valence-corrected chi connectivity index (χ2v) is 8.86. The van der Waals surface area contributed by atoms with E-state index in [-0.39, 0.29) is 22.6 Å². The smallest absolute Gasteiger partial charge is 0.282 e. The van der Waals surface area contributed by atoms with Crippen molar-refractivity contribution in [2.75, 3.05) is 12.8 Å². The van der Waals surface area contributed by atoms with E-state index in [1.54, 1.807) is 48.9 Å². The molecule has 2 N–H and O–H groups in total. The lowest BCUT2D eigenvalue weighted by Gasteiger charge is -2.10. The Labute approximate surface area is 175 Å². The molecule has 0 radical (unpaired) electrons. The number of fused-ring (bicyclic) bond motifs is 1. The first-order valence-corrected chi connectivity index (χ1v) is 11.0. The van der Waals surface area contributed by atoms with Crippen LogP contribution in [0.5, 0.6) is 5.75 Å². The van der Waals surface area contributed by atoms with Crippen LogP contribution in [0.15, 0.2) is 73.5 Å². The van der Waals surface area contributed by atoms with Gasteiger partial charge in [-0.25, -0.2) is 4.21 Å². The normalized spacial score (nSPS) is 12.2. The van der Waals surface area contributed by atoms with E-state index >= 15 is 0 Å². The number of halogens is 1. The minimum atomic E-state index is -1.69. The zero-order chi connectivity index (χ0) is 20.5. The molecule has 2 heterocycles. The fraction of sp³-hybridized carbons (Fsp3) is 0.0526. The van der Waals surface area contributed by atoms with Gasteiger partial charge in [0.25, 0.3) is 5.56 Å². The van der Waals surface area contributed by atoms with Crippen molar-refractivity contribution in [3.63, 3.8) is 0 Å². The van der Waals surface area contributed by atoms with Crippen molar-refractivity contribution in [3.05, 3.63) is 64.3 Å². The second kappa shape index (κ2) is 7.97. The van der Waals surface area contributed by atoms with Crippen LogP contribution in [-0.4, -0.2) is 21.1 Å². The molecule has 0 fully saturated rings. The van der Waals surface area contributed by atoms with Gasteiger partial charge in [-0.05, 0) is 48.5 Å². The number of benzene rings is 2. The first-order valence-electron chi connectivity index (χ1n) is 8.28. The summed E-state index contributed by atoms with van der Waals surface area (Å²) in [5, 5.41) is 7.34. The van der Waals surface area contributed by atoms with E-state index in [9.17, 15) is 12.9 Å². The third-order valence-corrected chi connectivity index (χ3v) is 6.88. The van der Waals surface area contributed by atoms with E-state index < -0.39 is 16.4 Å². The van der Waals surface area contributed by atoms with Crippen molar-refractivity contribution in [1.82, 2.24) is 9.78 Å². The minimum Gasteiger partial charge on any atom is -0.497 e. The molecule has 0 spiro atoms. The molecule has 1 atom stereocenters. The summed E-state index contributed by atoms with van der Waals surface area (Å²) in [6, 6.07) is 13.0. The van der Waals surface area contributed by atoms with Crippen molar-refractivity contribution >= 4 is 50.1 Å². The molecule has 0 aliphatic rings.